The van der Waals surface area contributed by atoms with E-state index in [1.165, 1.54) is 25.7 Å². The Morgan fingerprint density at radius 2 is 1.46 bits per heavy atom. The maximum absolute atomic E-state index is 12.8. The summed E-state index contributed by atoms with van der Waals surface area (Å²) in [5.74, 6) is 1.74. The molecular formula is C21H32N2O4S. The van der Waals surface area contributed by atoms with E-state index in [0.717, 1.165) is 44.3 Å². The summed E-state index contributed by atoms with van der Waals surface area (Å²) in [4.78, 5) is 37.4. The van der Waals surface area contributed by atoms with E-state index in [4.69, 9.17) is 4.74 Å². The highest BCUT2D eigenvalue weighted by atomic mass is 32.2. The standard InChI is InChI=1S/C21H32N2O4S/c24-18(15-11-13-5-1-2-6-14(13)12-15)22-20-17(9-10-28-20)19(25)23-21(26)27-16-7-3-4-8-16/h13-17,20H,1-12H2,(H,22,24)(H,23,25,26). The Kier molecular flexibility index (Phi) is 6.48. The Balaban J connectivity index is 1.26. The SMILES string of the molecule is O=C(NC(=O)C1CCSC1NC(=O)C1CC2CCCCC2C1)OC1CCCC1. The Hall–Kier alpha value is -1.24. The molecule has 1 aliphatic heterocycles. The van der Waals surface area contributed by atoms with E-state index in [-0.39, 0.29) is 35.1 Å². The van der Waals surface area contributed by atoms with Crippen LogP contribution in [0.5, 0.6) is 0 Å². The quantitative estimate of drug-likeness (QED) is 0.743. The van der Waals surface area contributed by atoms with E-state index in [0.29, 0.717) is 18.3 Å². The van der Waals surface area contributed by atoms with Crippen molar-refractivity contribution in [2.45, 2.75) is 82.1 Å². The molecule has 0 aromatic heterocycles. The normalized spacial score (nSPS) is 35.4. The molecule has 4 atom stereocenters. The maximum atomic E-state index is 12.8. The van der Waals surface area contributed by atoms with Crippen molar-refractivity contribution < 1.29 is 19.1 Å². The lowest BCUT2D eigenvalue weighted by Gasteiger charge is -2.24. The van der Waals surface area contributed by atoms with Gasteiger partial charge in [-0.05, 0) is 62.5 Å². The van der Waals surface area contributed by atoms with Crippen molar-refractivity contribution in [3.05, 3.63) is 0 Å². The van der Waals surface area contributed by atoms with Gasteiger partial charge in [0, 0.05) is 5.92 Å². The molecule has 1 saturated heterocycles. The summed E-state index contributed by atoms with van der Waals surface area (Å²) in [6.07, 6.45) is 11.0. The van der Waals surface area contributed by atoms with Gasteiger partial charge in [-0.25, -0.2) is 4.79 Å². The second-order valence-electron chi connectivity index (χ2n) is 8.97. The molecular weight excluding hydrogens is 376 g/mol. The molecule has 0 aromatic rings. The summed E-state index contributed by atoms with van der Waals surface area (Å²) in [6, 6.07) is 0. The van der Waals surface area contributed by atoms with Gasteiger partial charge in [-0.15, -0.1) is 11.8 Å². The minimum atomic E-state index is -0.640. The molecule has 4 rings (SSSR count). The third-order valence-electron chi connectivity index (χ3n) is 7.13. The van der Waals surface area contributed by atoms with Crippen LogP contribution in [0.25, 0.3) is 0 Å². The summed E-state index contributed by atoms with van der Waals surface area (Å²) < 4.78 is 5.33. The van der Waals surface area contributed by atoms with Gasteiger partial charge in [-0.2, -0.15) is 0 Å². The number of thioether (sulfide) groups is 1. The molecule has 4 aliphatic rings. The van der Waals surface area contributed by atoms with Crippen molar-refractivity contribution in [1.82, 2.24) is 10.6 Å². The summed E-state index contributed by atoms with van der Waals surface area (Å²) >= 11 is 1.61. The number of alkyl carbamates (subject to hydrolysis) is 1. The lowest BCUT2D eigenvalue weighted by Crippen LogP contribution is -2.46. The van der Waals surface area contributed by atoms with E-state index in [1.54, 1.807) is 11.8 Å². The van der Waals surface area contributed by atoms with Crippen molar-refractivity contribution in [2.24, 2.45) is 23.7 Å². The van der Waals surface area contributed by atoms with Gasteiger partial charge >= 0.3 is 6.09 Å². The number of carbonyl (C=O) groups is 3. The number of nitrogens with one attached hydrogen (secondary N) is 2. The summed E-state index contributed by atoms with van der Waals surface area (Å²) in [5, 5.41) is 5.28. The molecule has 1 heterocycles. The monoisotopic (exact) mass is 408 g/mol. The zero-order valence-electron chi connectivity index (χ0n) is 16.5. The van der Waals surface area contributed by atoms with Gasteiger partial charge in [-0.3, -0.25) is 14.9 Å². The summed E-state index contributed by atoms with van der Waals surface area (Å²) in [5.41, 5.74) is 0. The van der Waals surface area contributed by atoms with Crippen molar-refractivity contribution in [3.63, 3.8) is 0 Å². The topological polar surface area (TPSA) is 84.5 Å². The first-order valence-electron chi connectivity index (χ1n) is 11.0. The van der Waals surface area contributed by atoms with Crippen molar-refractivity contribution in [3.8, 4) is 0 Å². The van der Waals surface area contributed by atoms with Crippen molar-refractivity contribution in [1.29, 1.82) is 0 Å². The number of hydrogen-bond acceptors (Lipinski definition) is 5. The number of imide groups is 1. The first-order valence-corrected chi connectivity index (χ1v) is 12.1. The van der Waals surface area contributed by atoms with Crippen LogP contribution >= 0.6 is 11.8 Å². The predicted molar refractivity (Wildman–Crippen MR) is 108 cm³/mol. The molecule has 7 heteroatoms. The van der Waals surface area contributed by atoms with E-state index >= 15 is 0 Å². The van der Waals surface area contributed by atoms with E-state index in [2.05, 4.69) is 10.6 Å². The zero-order valence-corrected chi connectivity index (χ0v) is 17.3. The van der Waals surface area contributed by atoms with Gasteiger partial charge in [0.2, 0.25) is 11.8 Å². The molecule has 4 fully saturated rings. The largest absolute Gasteiger partial charge is 0.446 e. The highest BCUT2D eigenvalue weighted by molar-refractivity contribution is 8.00. The molecule has 3 aliphatic carbocycles. The number of fused-ring (bicyclic) bond motifs is 1. The van der Waals surface area contributed by atoms with Gasteiger partial charge in [0.25, 0.3) is 0 Å². The average molecular weight is 409 g/mol. The zero-order chi connectivity index (χ0) is 19.5. The Morgan fingerprint density at radius 1 is 0.821 bits per heavy atom. The third-order valence-corrected chi connectivity index (χ3v) is 8.40. The van der Waals surface area contributed by atoms with Crippen molar-refractivity contribution in [2.75, 3.05) is 5.75 Å². The maximum Gasteiger partial charge on any atom is 0.414 e. The van der Waals surface area contributed by atoms with Crippen molar-refractivity contribution >= 4 is 29.7 Å². The van der Waals surface area contributed by atoms with Crippen LogP contribution in [0.3, 0.4) is 0 Å². The lowest BCUT2D eigenvalue weighted by atomic mass is 9.82. The number of amides is 3. The van der Waals surface area contributed by atoms with E-state index < -0.39 is 6.09 Å². The molecule has 6 nitrogen and oxygen atoms in total. The van der Waals surface area contributed by atoms with Crippen LogP contribution < -0.4 is 10.6 Å². The van der Waals surface area contributed by atoms with Crippen LogP contribution in [0.15, 0.2) is 0 Å². The van der Waals surface area contributed by atoms with Crippen LogP contribution in [-0.4, -0.2) is 35.1 Å². The fourth-order valence-electron chi connectivity index (χ4n) is 5.58. The highest BCUT2D eigenvalue weighted by Gasteiger charge is 2.41. The molecule has 3 amide bonds. The number of hydrogen-bond donors (Lipinski definition) is 2. The van der Waals surface area contributed by atoms with E-state index in [9.17, 15) is 14.4 Å². The minimum absolute atomic E-state index is 0.0628. The molecule has 28 heavy (non-hydrogen) atoms. The molecule has 0 aromatic carbocycles. The van der Waals surface area contributed by atoms with Gasteiger partial charge < -0.3 is 10.1 Å². The summed E-state index contributed by atoms with van der Waals surface area (Å²) in [6.45, 7) is 0. The van der Waals surface area contributed by atoms with Crippen LogP contribution in [0, 0.1) is 23.7 Å². The highest BCUT2D eigenvalue weighted by Crippen LogP contribution is 2.45. The van der Waals surface area contributed by atoms with E-state index in [1.807, 2.05) is 0 Å². The van der Waals surface area contributed by atoms with Gasteiger partial charge in [-0.1, -0.05) is 25.7 Å². The second-order valence-corrected chi connectivity index (χ2v) is 10.2. The van der Waals surface area contributed by atoms with Gasteiger partial charge in [0.05, 0.1) is 11.3 Å². The molecule has 0 bridgehead atoms. The molecule has 4 unspecified atom stereocenters. The smallest absolute Gasteiger partial charge is 0.414 e. The number of carbonyl (C=O) groups excluding carboxylic acids is 3. The molecule has 156 valence electrons. The van der Waals surface area contributed by atoms with Crippen LogP contribution in [-0.2, 0) is 14.3 Å². The fraction of sp³-hybridized carbons (Fsp3) is 0.857. The number of rotatable bonds is 4. The molecule has 3 saturated carbocycles. The predicted octanol–water partition coefficient (Wildman–Crippen LogP) is 3.59. The Labute approximate surface area is 171 Å². The van der Waals surface area contributed by atoms with Crippen LogP contribution in [0.2, 0.25) is 0 Å². The van der Waals surface area contributed by atoms with Gasteiger partial charge in [0.15, 0.2) is 0 Å². The Morgan fingerprint density at radius 3 is 2.14 bits per heavy atom. The van der Waals surface area contributed by atoms with Gasteiger partial charge in [0.1, 0.15) is 6.10 Å². The summed E-state index contributed by atoms with van der Waals surface area (Å²) in [7, 11) is 0. The molecule has 2 N–H and O–H groups in total. The van der Waals surface area contributed by atoms with Crippen LogP contribution in [0.1, 0.15) is 70.6 Å². The molecule has 0 spiro atoms. The van der Waals surface area contributed by atoms with Crippen LogP contribution in [0.4, 0.5) is 4.79 Å². The lowest BCUT2D eigenvalue weighted by molar-refractivity contribution is -0.127. The fourth-order valence-corrected chi connectivity index (χ4v) is 6.92. The first-order chi connectivity index (χ1) is 13.6. The minimum Gasteiger partial charge on any atom is -0.446 e. The second kappa shape index (κ2) is 9.06. The first kappa shape index (κ1) is 20.0. The third kappa shape index (κ3) is 4.66. The molecule has 0 radical (unpaired) electrons. The number of ether oxygens (including phenoxy) is 1. The average Bonchev–Trinajstić information content (AvgIpc) is 3.41. The Bertz CT molecular complexity index is 593.